The second-order valence-corrected chi connectivity index (χ2v) is 4.65. The molecule has 0 unspecified atom stereocenters. The van der Waals surface area contributed by atoms with E-state index in [0.29, 0.717) is 0 Å². The number of hydrogen-bond donors (Lipinski definition) is 1. The van der Waals surface area contributed by atoms with Crippen molar-refractivity contribution in [2.45, 2.75) is 45.4 Å². The van der Waals surface area contributed by atoms with Crippen LogP contribution in [0, 0.1) is 0 Å². The summed E-state index contributed by atoms with van der Waals surface area (Å²) in [4.78, 5) is 18.3. The summed E-state index contributed by atoms with van der Waals surface area (Å²) in [6.45, 7) is 6.30. The van der Waals surface area contributed by atoms with E-state index in [1.165, 1.54) is 0 Å². The lowest BCUT2D eigenvalue weighted by Gasteiger charge is -2.28. The number of hydroxylamine groups is 1. The molecule has 1 saturated heterocycles. The van der Waals surface area contributed by atoms with Gasteiger partial charge in [-0.05, 0) is 33.6 Å². The predicted molar refractivity (Wildman–Crippen MR) is 56.1 cm³/mol. The summed E-state index contributed by atoms with van der Waals surface area (Å²) >= 11 is 0. The Morgan fingerprint density at radius 2 is 2.13 bits per heavy atom. The number of amides is 1. The second kappa shape index (κ2) is 4.81. The minimum Gasteiger partial charge on any atom is -0.444 e. The Labute approximate surface area is 90.7 Å². The van der Waals surface area contributed by atoms with Gasteiger partial charge in [-0.3, -0.25) is 4.90 Å². The third-order valence-corrected chi connectivity index (χ3v) is 2.13. The maximum atomic E-state index is 11.8. The standard InChI is InChI=1S/C10H20N2O3/c1-10(2,3)15-9(13)12-7-5-6-8(12)11-14-4/h8,11H,5-7H2,1-4H3/t8-/m1/s1. The van der Waals surface area contributed by atoms with E-state index in [-0.39, 0.29) is 12.3 Å². The van der Waals surface area contributed by atoms with E-state index in [4.69, 9.17) is 9.57 Å². The van der Waals surface area contributed by atoms with Crippen molar-refractivity contribution in [2.24, 2.45) is 0 Å². The highest BCUT2D eigenvalue weighted by atomic mass is 16.6. The quantitative estimate of drug-likeness (QED) is 0.711. The zero-order chi connectivity index (χ0) is 11.5. The Kier molecular flexibility index (Phi) is 3.93. The van der Waals surface area contributed by atoms with Gasteiger partial charge in [0.2, 0.25) is 0 Å². The van der Waals surface area contributed by atoms with E-state index in [1.807, 2.05) is 20.8 Å². The van der Waals surface area contributed by atoms with Crippen LogP contribution >= 0.6 is 0 Å². The summed E-state index contributed by atoms with van der Waals surface area (Å²) < 4.78 is 5.29. The molecule has 0 radical (unpaired) electrons. The van der Waals surface area contributed by atoms with Crippen molar-refractivity contribution in [1.29, 1.82) is 0 Å². The first kappa shape index (κ1) is 12.3. The van der Waals surface area contributed by atoms with E-state index in [1.54, 1.807) is 12.0 Å². The topological polar surface area (TPSA) is 50.8 Å². The van der Waals surface area contributed by atoms with E-state index in [0.717, 1.165) is 19.4 Å². The Bertz CT molecular complexity index is 225. The monoisotopic (exact) mass is 216 g/mol. The van der Waals surface area contributed by atoms with E-state index in [9.17, 15) is 4.79 Å². The van der Waals surface area contributed by atoms with Crippen molar-refractivity contribution in [3.05, 3.63) is 0 Å². The third-order valence-electron chi connectivity index (χ3n) is 2.13. The molecular formula is C10H20N2O3. The van der Waals surface area contributed by atoms with Crippen LogP contribution in [0.3, 0.4) is 0 Å². The highest BCUT2D eigenvalue weighted by Crippen LogP contribution is 2.18. The Morgan fingerprint density at radius 3 is 2.67 bits per heavy atom. The van der Waals surface area contributed by atoms with Crippen LogP contribution in [-0.4, -0.2) is 36.4 Å². The van der Waals surface area contributed by atoms with Crippen molar-refractivity contribution >= 4 is 6.09 Å². The lowest BCUT2D eigenvalue weighted by atomic mass is 10.2. The molecule has 5 nitrogen and oxygen atoms in total. The molecule has 15 heavy (non-hydrogen) atoms. The zero-order valence-corrected chi connectivity index (χ0v) is 9.87. The van der Waals surface area contributed by atoms with Gasteiger partial charge in [0.1, 0.15) is 11.8 Å². The number of nitrogens with zero attached hydrogens (tertiary/aromatic N) is 1. The molecule has 0 spiro atoms. The first-order valence-corrected chi connectivity index (χ1v) is 5.22. The zero-order valence-electron chi connectivity index (χ0n) is 9.87. The number of carbonyl (C=O) groups excluding carboxylic acids is 1. The van der Waals surface area contributed by atoms with Gasteiger partial charge in [0.05, 0.1) is 7.11 Å². The van der Waals surface area contributed by atoms with E-state index < -0.39 is 5.60 Å². The second-order valence-electron chi connectivity index (χ2n) is 4.65. The van der Waals surface area contributed by atoms with Crippen LogP contribution in [0.15, 0.2) is 0 Å². The molecule has 0 aliphatic carbocycles. The number of hydrogen-bond acceptors (Lipinski definition) is 4. The Hall–Kier alpha value is -0.810. The molecular weight excluding hydrogens is 196 g/mol. The minimum absolute atomic E-state index is 0.0650. The molecule has 88 valence electrons. The third kappa shape index (κ3) is 3.68. The fourth-order valence-electron chi connectivity index (χ4n) is 1.56. The predicted octanol–water partition coefficient (Wildman–Crippen LogP) is 1.49. The normalized spacial score (nSPS) is 21.9. The number of likely N-dealkylation sites (tertiary alicyclic amines) is 1. The van der Waals surface area contributed by atoms with Crippen LogP contribution < -0.4 is 5.48 Å². The first-order chi connectivity index (χ1) is 6.94. The summed E-state index contributed by atoms with van der Waals surface area (Å²) in [6, 6.07) is 0. The SMILES string of the molecule is CON[C@H]1CCCN1C(=O)OC(C)(C)C. The average Bonchev–Trinajstić information content (AvgIpc) is 2.49. The molecule has 1 fully saturated rings. The first-order valence-electron chi connectivity index (χ1n) is 5.22. The van der Waals surface area contributed by atoms with Crippen molar-refractivity contribution < 1.29 is 14.4 Å². The van der Waals surface area contributed by atoms with Crippen molar-refractivity contribution in [3.63, 3.8) is 0 Å². The Balaban J connectivity index is 2.51. The van der Waals surface area contributed by atoms with Gasteiger partial charge in [0.25, 0.3) is 0 Å². The van der Waals surface area contributed by atoms with Crippen LogP contribution in [0.5, 0.6) is 0 Å². The molecule has 1 heterocycles. The van der Waals surface area contributed by atoms with Gasteiger partial charge in [-0.15, -0.1) is 0 Å². The maximum Gasteiger partial charge on any atom is 0.411 e. The average molecular weight is 216 g/mol. The van der Waals surface area contributed by atoms with Crippen LogP contribution in [0.4, 0.5) is 4.79 Å². The fourth-order valence-corrected chi connectivity index (χ4v) is 1.56. The van der Waals surface area contributed by atoms with Crippen molar-refractivity contribution in [1.82, 2.24) is 10.4 Å². The van der Waals surface area contributed by atoms with Crippen LogP contribution in [-0.2, 0) is 9.57 Å². The molecule has 5 heteroatoms. The van der Waals surface area contributed by atoms with Crippen LogP contribution in [0.1, 0.15) is 33.6 Å². The number of nitrogens with one attached hydrogen (secondary N) is 1. The Morgan fingerprint density at radius 1 is 1.47 bits per heavy atom. The maximum absolute atomic E-state index is 11.8. The van der Waals surface area contributed by atoms with Gasteiger partial charge in [-0.1, -0.05) is 0 Å². The van der Waals surface area contributed by atoms with Gasteiger partial charge in [-0.2, -0.15) is 5.48 Å². The summed E-state index contributed by atoms with van der Waals surface area (Å²) in [5.41, 5.74) is 2.34. The molecule has 1 aliphatic heterocycles. The van der Waals surface area contributed by atoms with Gasteiger partial charge in [0, 0.05) is 6.54 Å². The molecule has 0 bridgehead atoms. The lowest BCUT2D eigenvalue weighted by Crippen LogP contribution is -2.46. The molecule has 1 aliphatic rings. The summed E-state index contributed by atoms with van der Waals surface area (Å²) in [6.07, 6.45) is 1.52. The number of carbonyl (C=O) groups is 1. The fraction of sp³-hybridized carbons (Fsp3) is 0.900. The number of rotatable bonds is 2. The summed E-state index contributed by atoms with van der Waals surface area (Å²) in [7, 11) is 1.55. The largest absolute Gasteiger partial charge is 0.444 e. The van der Waals surface area contributed by atoms with Crippen molar-refractivity contribution in [3.8, 4) is 0 Å². The molecule has 0 aromatic carbocycles. The van der Waals surface area contributed by atoms with E-state index >= 15 is 0 Å². The molecule has 0 saturated carbocycles. The van der Waals surface area contributed by atoms with Gasteiger partial charge < -0.3 is 9.57 Å². The summed E-state index contributed by atoms with van der Waals surface area (Å²) in [5, 5.41) is 0. The van der Waals surface area contributed by atoms with E-state index in [2.05, 4.69) is 5.48 Å². The smallest absolute Gasteiger partial charge is 0.411 e. The lowest BCUT2D eigenvalue weighted by molar-refractivity contribution is -0.0141. The van der Waals surface area contributed by atoms with Gasteiger partial charge in [-0.25, -0.2) is 4.79 Å². The highest BCUT2D eigenvalue weighted by Gasteiger charge is 2.31. The van der Waals surface area contributed by atoms with Gasteiger partial charge in [0.15, 0.2) is 0 Å². The molecule has 1 atom stereocenters. The molecule has 0 aromatic rings. The molecule has 1 N–H and O–H groups in total. The number of ether oxygens (including phenoxy) is 1. The van der Waals surface area contributed by atoms with Crippen LogP contribution in [0.25, 0.3) is 0 Å². The molecule has 1 amide bonds. The van der Waals surface area contributed by atoms with Gasteiger partial charge >= 0.3 is 6.09 Å². The van der Waals surface area contributed by atoms with Crippen LogP contribution in [0.2, 0.25) is 0 Å². The summed E-state index contributed by atoms with van der Waals surface area (Å²) in [5.74, 6) is 0. The highest BCUT2D eigenvalue weighted by molar-refractivity contribution is 5.68. The minimum atomic E-state index is -0.447. The molecule has 1 rings (SSSR count). The molecule has 0 aromatic heterocycles. The van der Waals surface area contributed by atoms with Crippen molar-refractivity contribution in [2.75, 3.05) is 13.7 Å².